The van der Waals surface area contributed by atoms with Crippen LogP contribution in [0.1, 0.15) is 26.7 Å². The second-order valence-electron chi connectivity index (χ2n) is 4.83. The molecule has 2 rings (SSSR count). The molecule has 0 radical (unpaired) electrons. The number of hydrogen-bond donors (Lipinski definition) is 0. The lowest BCUT2D eigenvalue weighted by molar-refractivity contribution is -0.154. The zero-order chi connectivity index (χ0) is 11.0. The van der Waals surface area contributed by atoms with Gasteiger partial charge in [-0.1, -0.05) is 26.0 Å². The summed E-state index contributed by atoms with van der Waals surface area (Å²) < 4.78 is 4.70. The minimum atomic E-state index is -0.330. The van der Waals surface area contributed by atoms with Crippen molar-refractivity contribution in [3.05, 3.63) is 12.2 Å². The quantitative estimate of drug-likeness (QED) is 0.395. The summed E-state index contributed by atoms with van der Waals surface area (Å²) in [6.45, 7) is 4.25. The number of carbonyl (C=O) groups is 2. The van der Waals surface area contributed by atoms with Crippen LogP contribution in [0.25, 0.3) is 0 Å². The van der Waals surface area contributed by atoms with E-state index in [1.54, 1.807) is 0 Å². The Morgan fingerprint density at radius 3 is 2.80 bits per heavy atom. The van der Waals surface area contributed by atoms with Gasteiger partial charge in [-0.15, -0.1) is 0 Å². The van der Waals surface area contributed by atoms with Crippen LogP contribution in [0.3, 0.4) is 0 Å². The van der Waals surface area contributed by atoms with Gasteiger partial charge in [-0.2, -0.15) is 0 Å². The van der Waals surface area contributed by atoms with E-state index in [4.69, 9.17) is 4.74 Å². The van der Waals surface area contributed by atoms with Crippen LogP contribution in [0.15, 0.2) is 12.2 Å². The van der Waals surface area contributed by atoms with Crippen molar-refractivity contribution in [3.63, 3.8) is 0 Å². The van der Waals surface area contributed by atoms with E-state index in [-0.39, 0.29) is 29.7 Å². The van der Waals surface area contributed by atoms with Crippen LogP contribution in [0.5, 0.6) is 0 Å². The van der Waals surface area contributed by atoms with Gasteiger partial charge in [0.15, 0.2) is 0 Å². The molecule has 2 aliphatic rings. The summed E-state index contributed by atoms with van der Waals surface area (Å²) >= 11 is 0. The third-order valence-corrected chi connectivity index (χ3v) is 3.19. The van der Waals surface area contributed by atoms with Gasteiger partial charge in [0.25, 0.3) is 0 Å². The number of ether oxygens (including phenoxy) is 1. The summed E-state index contributed by atoms with van der Waals surface area (Å²) in [5, 5.41) is 0. The smallest absolute Gasteiger partial charge is 0.318 e. The maximum atomic E-state index is 11.5. The summed E-state index contributed by atoms with van der Waals surface area (Å²) in [6, 6.07) is 0. The number of esters is 2. The lowest BCUT2D eigenvalue weighted by Gasteiger charge is -2.25. The molecule has 1 heterocycles. The first-order chi connectivity index (χ1) is 7.09. The number of rotatable bonds is 2. The summed E-state index contributed by atoms with van der Waals surface area (Å²) in [5.41, 5.74) is 0. The van der Waals surface area contributed by atoms with E-state index in [0.717, 1.165) is 6.42 Å². The number of fused-ring (bicyclic) bond motifs is 1. The molecular formula is C12H16O3. The highest BCUT2D eigenvalue weighted by molar-refractivity contribution is 5.97. The fraction of sp³-hybridized carbons (Fsp3) is 0.667. The standard InChI is InChI=1S/C12H16O3/c1-7(2)6-8-4-3-5-9-10(8)12(14)15-11(9)13/h3-4,7-10H,5-6H2,1-2H3. The molecule has 0 aromatic carbocycles. The van der Waals surface area contributed by atoms with E-state index in [0.29, 0.717) is 12.3 Å². The van der Waals surface area contributed by atoms with Crippen LogP contribution in [0.4, 0.5) is 0 Å². The zero-order valence-corrected chi connectivity index (χ0v) is 9.10. The Hall–Kier alpha value is -1.12. The second kappa shape index (κ2) is 3.80. The van der Waals surface area contributed by atoms with Crippen molar-refractivity contribution < 1.29 is 14.3 Å². The Balaban J connectivity index is 2.19. The van der Waals surface area contributed by atoms with Gasteiger partial charge in [-0.3, -0.25) is 9.59 Å². The van der Waals surface area contributed by atoms with Crippen LogP contribution < -0.4 is 0 Å². The fourth-order valence-corrected chi connectivity index (χ4v) is 2.56. The van der Waals surface area contributed by atoms with E-state index in [9.17, 15) is 9.59 Å². The van der Waals surface area contributed by atoms with Gasteiger partial charge in [0.05, 0.1) is 11.8 Å². The molecule has 3 atom stereocenters. The molecule has 0 N–H and O–H groups in total. The predicted octanol–water partition coefficient (Wildman–Crippen LogP) is 1.92. The summed E-state index contributed by atoms with van der Waals surface area (Å²) in [7, 11) is 0. The Bertz CT molecular complexity index is 317. The van der Waals surface area contributed by atoms with E-state index >= 15 is 0 Å². The van der Waals surface area contributed by atoms with Gasteiger partial charge in [-0.05, 0) is 24.7 Å². The molecule has 1 saturated heterocycles. The minimum Gasteiger partial charge on any atom is -0.393 e. The van der Waals surface area contributed by atoms with Crippen molar-refractivity contribution in [3.8, 4) is 0 Å². The molecule has 0 saturated carbocycles. The average Bonchev–Trinajstić information content (AvgIpc) is 2.43. The summed E-state index contributed by atoms with van der Waals surface area (Å²) in [4.78, 5) is 22.9. The average molecular weight is 208 g/mol. The van der Waals surface area contributed by atoms with E-state index in [1.165, 1.54) is 0 Å². The highest BCUT2D eigenvalue weighted by atomic mass is 16.6. The fourth-order valence-electron chi connectivity index (χ4n) is 2.56. The van der Waals surface area contributed by atoms with Crippen LogP contribution in [0, 0.1) is 23.7 Å². The highest BCUT2D eigenvalue weighted by Gasteiger charge is 2.48. The van der Waals surface area contributed by atoms with E-state index in [2.05, 4.69) is 19.9 Å². The lowest BCUT2D eigenvalue weighted by atomic mass is 9.74. The summed E-state index contributed by atoms with van der Waals surface area (Å²) in [6.07, 6.45) is 5.68. The van der Waals surface area contributed by atoms with Gasteiger partial charge < -0.3 is 4.74 Å². The van der Waals surface area contributed by atoms with Crippen LogP contribution in [0.2, 0.25) is 0 Å². The molecular weight excluding hydrogens is 192 g/mol. The van der Waals surface area contributed by atoms with Crippen molar-refractivity contribution in [1.82, 2.24) is 0 Å². The molecule has 1 aliphatic carbocycles. The number of carbonyl (C=O) groups excluding carboxylic acids is 2. The van der Waals surface area contributed by atoms with Gasteiger partial charge in [-0.25, -0.2) is 0 Å². The largest absolute Gasteiger partial charge is 0.393 e. The molecule has 15 heavy (non-hydrogen) atoms. The molecule has 0 aromatic rings. The Morgan fingerprint density at radius 2 is 2.13 bits per heavy atom. The van der Waals surface area contributed by atoms with Crippen molar-refractivity contribution in [2.45, 2.75) is 26.7 Å². The Labute approximate surface area is 89.5 Å². The first-order valence-corrected chi connectivity index (χ1v) is 5.51. The van der Waals surface area contributed by atoms with Gasteiger partial charge in [0.2, 0.25) is 0 Å². The zero-order valence-electron chi connectivity index (χ0n) is 9.10. The maximum Gasteiger partial charge on any atom is 0.318 e. The molecule has 3 unspecified atom stereocenters. The minimum absolute atomic E-state index is 0.183. The molecule has 0 bridgehead atoms. The van der Waals surface area contributed by atoms with E-state index < -0.39 is 0 Å². The Kier molecular flexibility index (Phi) is 2.63. The van der Waals surface area contributed by atoms with Crippen molar-refractivity contribution in [2.24, 2.45) is 23.7 Å². The molecule has 0 amide bonds. The molecule has 1 fully saturated rings. The van der Waals surface area contributed by atoms with Crippen LogP contribution in [-0.4, -0.2) is 11.9 Å². The first-order valence-electron chi connectivity index (χ1n) is 5.51. The number of hydrogen-bond acceptors (Lipinski definition) is 3. The third kappa shape index (κ3) is 1.83. The number of allylic oxidation sites excluding steroid dienone is 2. The van der Waals surface area contributed by atoms with Crippen molar-refractivity contribution in [1.29, 1.82) is 0 Å². The van der Waals surface area contributed by atoms with Gasteiger partial charge >= 0.3 is 11.9 Å². The number of cyclic esters (lactones) is 2. The Morgan fingerprint density at radius 1 is 1.40 bits per heavy atom. The topological polar surface area (TPSA) is 43.4 Å². The second-order valence-corrected chi connectivity index (χ2v) is 4.83. The van der Waals surface area contributed by atoms with Crippen molar-refractivity contribution >= 4 is 11.9 Å². The molecule has 3 nitrogen and oxygen atoms in total. The molecule has 3 heteroatoms. The SMILES string of the molecule is CC(C)CC1C=CCC2C(=O)OC(=O)C12. The van der Waals surface area contributed by atoms with Crippen molar-refractivity contribution in [2.75, 3.05) is 0 Å². The molecule has 0 aromatic heterocycles. The van der Waals surface area contributed by atoms with Gasteiger partial charge in [0.1, 0.15) is 0 Å². The molecule has 0 spiro atoms. The normalized spacial score (nSPS) is 34.5. The van der Waals surface area contributed by atoms with E-state index in [1.807, 2.05) is 6.08 Å². The molecule has 82 valence electrons. The van der Waals surface area contributed by atoms with Crippen LogP contribution in [-0.2, 0) is 14.3 Å². The predicted molar refractivity (Wildman–Crippen MR) is 54.8 cm³/mol. The third-order valence-electron chi connectivity index (χ3n) is 3.19. The lowest BCUT2D eigenvalue weighted by Crippen LogP contribution is -2.28. The molecule has 1 aliphatic heterocycles. The highest BCUT2D eigenvalue weighted by Crippen LogP contribution is 2.39. The first kappa shape index (κ1) is 10.4. The monoisotopic (exact) mass is 208 g/mol. The maximum absolute atomic E-state index is 11.5. The van der Waals surface area contributed by atoms with Crippen LogP contribution >= 0.6 is 0 Å². The van der Waals surface area contributed by atoms with Gasteiger partial charge in [0, 0.05) is 0 Å². The summed E-state index contributed by atoms with van der Waals surface area (Å²) in [5.74, 6) is -0.371.